The first-order valence-electron chi connectivity index (χ1n) is 5.50. The minimum absolute atomic E-state index is 0.854. The Hall–Kier alpha value is 0.0500. The largest absolute Gasteiger partial charge is 0.157 e. The third kappa shape index (κ3) is 6.26. The van der Waals surface area contributed by atoms with Crippen molar-refractivity contribution in [3.05, 3.63) is 35.9 Å². The number of halogens is 1. The summed E-state index contributed by atoms with van der Waals surface area (Å²) in [6, 6.07) is 10.7. The SMILES string of the molecule is CC(CCBr)CCSCc1ccccc1. The van der Waals surface area contributed by atoms with Gasteiger partial charge in [0.15, 0.2) is 0 Å². The van der Waals surface area contributed by atoms with Crippen molar-refractivity contribution >= 4 is 27.7 Å². The maximum Gasteiger partial charge on any atom is 0.0184 e. The van der Waals surface area contributed by atoms with Crippen LogP contribution in [0, 0.1) is 5.92 Å². The Morgan fingerprint density at radius 2 is 1.93 bits per heavy atom. The van der Waals surface area contributed by atoms with E-state index < -0.39 is 0 Å². The van der Waals surface area contributed by atoms with Gasteiger partial charge in [0.1, 0.15) is 0 Å². The molecule has 0 saturated carbocycles. The smallest absolute Gasteiger partial charge is 0.0184 e. The van der Waals surface area contributed by atoms with Crippen LogP contribution < -0.4 is 0 Å². The van der Waals surface area contributed by atoms with Gasteiger partial charge < -0.3 is 0 Å². The third-order valence-corrected chi connectivity index (χ3v) is 3.99. The molecule has 84 valence electrons. The Morgan fingerprint density at radius 1 is 1.20 bits per heavy atom. The molecule has 0 amide bonds. The van der Waals surface area contributed by atoms with E-state index in [2.05, 4.69) is 53.2 Å². The predicted molar refractivity (Wildman–Crippen MR) is 74.8 cm³/mol. The molecule has 0 spiro atoms. The van der Waals surface area contributed by atoms with Crippen LogP contribution in [0.25, 0.3) is 0 Å². The van der Waals surface area contributed by atoms with Crippen LogP contribution in [0.15, 0.2) is 30.3 Å². The molecule has 0 heterocycles. The second-order valence-electron chi connectivity index (χ2n) is 3.91. The summed E-state index contributed by atoms with van der Waals surface area (Å²) in [6.45, 7) is 2.34. The highest BCUT2D eigenvalue weighted by atomic mass is 79.9. The van der Waals surface area contributed by atoms with E-state index in [0.717, 1.165) is 17.0 Å². The van der Waals surface area contributed by atoms with E-state index in [1.54, 1.807) is 0 Å². The molecule has 0 bridgehead atoms. The van der Waals surface area contributed by atoms with Crippen LogP contribution in [0.3, 0.4) is 0 Å². The first-order valence-corrected chi connectivity index (χ1v) is 7.78. The fourth-order valence-corrected chi connectivity index (χ4v) is 3.30. The highest BCUT2D eigenvalue weighted by Crippen LogP contribution is 2.17. The van der Waals surface area contributed by atoms with Crippen LogP contribution in [0.2, 0.25) is 0 Å². The van der Waals surface area contributed by atoms with E-state index in [4.69, 9.17) is 0 Å². The highest BCUT2D eigenvalue weighted by molar-refractivity contribution is 9.09. The zero-order chi connectivity index (χ0) is 10.9. The maximum atomic E-state index is 3.49. The lowest BCUT2D eigenvalue weighted by molar-refractivity contribution is 0.555. The van der Waals surface area contributed by atoms with E-state index in [1.807, 2.05) is 11.8 Å². The summed E-state index contributed by atoms with van der Waals surface area (Å²) in [5, 5.41) is 1.14. The fourth-order valence-electron chi connectivity index (χ4n) is 1.38. The van der Waals surface area contributed by atoms with Gasteiger partial charge in [0.05, 0.1) is 0 Å². The summed E-state index contributed by atoms with van der Waals surface area (Å²) in [7, 11) is 0. The Balaban J connectivity index is 2.07. The lowest BCUT2D eigenvalue weighted by atomic mass is 10.1. The molecule has 0 N–H and O–H groups in total. The number of thioether (sulfide) groups is 1. The average Bonchev–Trinajstić information content (AvgIpc) is 2.26. The van der Waals surface area contributed by atoms with Gasteiger partial charge in [0.2, 0.25) is 0 Å². The van der Waals surface area contributed by atoms with E-state index in [-0.39, 0.29) is 0 Å². The number of rotatable bonds is 7. The Kier molecular flexibility index (Phi) is 7.20. The molecule has 0 aliphatic heterocycles. The van der Waals surface area contributed by atoms with Crippen molar-refractivity contribution in [3.63, 3.8) is 0 Å². The molecule has 1 aromatic carbocycles. The monoisotopic (exact) mass is 286 g/mol. The van der Waals surface area contributed by atoms with Crippen LogP contribution in [-0.2, 0) is 5.75 Å². The molecule has 1 atom stereocenters. The van der Waals surface area contributed by atoms with Gasteiger partial charge in [-0.25, -0.2) is 0 Å². The molecular formula is C13H19BrS. The third-order valence-electron chi connectivity index (χ3n) is 2.47. The van der Waals surface area contributed by atoms with E-state index >= 15 is 0 Å². The molecule has 1 unspecified atom stereocenters. The highest BCUT2D eigenvalue weighted by Gasteiger charge is 2.00. The molecule has 0 saturated heterocycles. The predicted octanol–water partition coefficient (Wildman–Crippen LogP) is 4.73. The Labute approximate surface area is 106 Å². The second kappa shape index (κ2) is 8.23. The van der Waals surface area contributed by atoms with E-state index in [1.165, 1.54) is 24.2 Å². The lowest BCUT2D eigenvalue weighted by Gasteiger charge is -2.08. The minimum Gasteiger partial charge on any atom is -0.157 e. The molecule has 0 radical (unpaired) electrons. The van der Waals surface area contributed by atoms with Crippen LogP contribution >= 0.6 is 27.7 Å². The van der Waals surface area contributed by atoms with Gasteiger partial charge in [0.25, 0.3) is 0 Å². The van der Waals surface area contributed by atoms with Crippen LogP contribution in [-0.4, -0.2) is 11.1 Å². The van der Waals surface area contributed by atoms with Gasteiger partial charge in [-0.1, -0.05) is 53.2 Å². The number of hydrogen-bond donors (Lipinski definition) is 0. The Bertz CT molecular complexity index is 248. The van der Waals surface area contributed by atoms with Gasteiger partial charge in [-0.05, 0) is 30.1 Å². The number of hydrogen-bond acceptors (Lipinski definition) is 1. The number of alkyl halides is 1. The van der Waals surface area contributed by atoms with Crippen molar-refractivity contribution in [2.45, 2.75) is 25.5 Å². The summed E-state index contributed by atoms with van der Waals surface area (Å²) in [4.78, 5) is 0. The van der Waals surface area contributed by atoms with Crippen molar-refractivity contribution in [2.24, 2.45) is 5.92 Å². The normalized spacial score (nSPS) is 12.7. The summed E-state index contributed by atoms with van der Waals surface area (Å²) in [6.07, 6.45) is 2.63. The molecule has 1 rings (SSSR count). The van der Waals surface area contributed by atoms with E-state index in [0.29, 0.717) is 0 Å². The molecule has 2 heteroatoms. The van der Waals surface area contributed by atoms with Gasteiger partial charge in [0, 0.05) is 11.1 Å². The zero-order valence-electron chi connectivity index (χ0n) is 9.29. The molecule has 0 nitrogen and oxygen atoms in total. The minimum atomic E-state index is 0.854. The van der Waals surface area contributed by atoms with Crippen molar-refractivity contribution in [2.75, 3.05) is 11.1 Å². The fraction of sp³-hybridized carbons (Fsp3) is 0.538. The molecule has 0 aliphatic carbocycles. The molecule has 0 aromatic heterocycles. The molecule has 15 heavy (non-hydrogen) atoms. The molecule has 0 aliphatic rings. The van der Waals surface area contributed by atoms with Crippen molar-refractivity contribution in [1.82, 2.24) is 0 Å². The lowest BCUT2D eigenvalue weighted by Crippen LogP contribution is -1.97. The van der Waals surface area contributed by atoms with Gasteiger partial charge in [-0.15, -0.1) is 0 Å². The van der Waals surface area contributed by atoms with Gasteiger partial charge in [-0.3, -0.25) is 0 Å². The van der Waals surface area contributed by atoms with Crippen molar-refractivity contribution < 1.29 is 0 Å². The Morgan fingerprint density at radius 3 is 2.60 bits per heavy atom. The number of benzene rings is 1. The van der Waals surface area contributed by atoms with Crippen molar-refractivity contribution in [1.29, 1.82) is 0 Å². The summed E-state index contributed by atoms with van der Waals surface area (Å²) in [5.41, 5.74) is 1.44. The van der Waals surface area contributed by atoms with Crippen LogP contribution in [0.1, 0.15) is 25.3 Å². The zero-order valence-corrected chi connectivity index (χ0v) is 11.7. The average molecular weight is 287 g/mol. The van der Waals surface area contributed by atoms with Crippen LogP contribution in [0.5, 0.6) is 0 Å². The topological polar surface area (TPSA) is 0 Å². The molecule has 1 aromatic rings. The van der Waals surface area contributed by atoms with E-state index in [9.17, 15) is 0 Å². The molecular weight excluding hydrogens is 268 g/mol. The summed E-state index contributed by atoms with van der Waals surface area (Å²) < 4.78 is 0. The van der Waals surface area contributed by atoms with Gasteiger partial charge >= 0.3 is 0 Å². The van der Waals surface area contributed by atoms with Gasteiger partial charge in [-0.2, -0.15) is 11.8 Å². The maximum absolute atomic E-state index is 3.49. The van der Waals surface area contributed by atoms with Crippen LogP contribution in [0.4, 0.5) is 0 Å². The quantitative estimate of drug-likeness (QED) is 0.516. The molecule has 0 fully saturated rings. The standard InChI is InChI=1S/C13H19BrS/c1-12(7-9-14)8-10-15-11-13-5-3-2-4-6-13/h2-6,12H,7-11H2,1H3. The summed E-state index contributed by atoms with van der Waals surface area (Å²) >= 11 is 5.53. The van der Waals surface area contributed by atoms with Crippen molar-refractivity contribution in [3.8, 4) is 0 Å². The second-order valence-corrected chi connectivity index (χ2v) is 5.81. The summed E-state index contributed by atoms with van der Waals surface area (Å²) in [5.74, 6) is 3.29. The first-order chi connectivity index (χ1) is 7.33. The first kappa shape index (κ1) is 13.1.